The number of hydrogen-bond donors (Lipinski definition) is 0. The van der Waals surface area contributed by atoms with Crippen molar-refractivity contribution in [3.05, 3.63) is 0 Å². The van der Waals surface area contributed by atoms with Crippen molar-refractivity contribution in [2.45, 2.75) is 117 Å². The van der Waals surface area contributed by atoms with Crippen LogP contribution in [0.1, 0.15) is 80.1 Å². The third kappa shape index (κ3) is 3.96. The molecule has 32 heavy (non-hydrogen) atoms. The van der Waals surface area contributed by atoms with Gasteiger partial charge in [0.25, 0.3) is 0 Å². The normalized spacial score (nSPS) is 43.8. The number of carbonyl (C=O) groups is 1. The lowest BCUT2D eigenvalue weighted by Crippen LogP contribution is -2.46. The molecule has 184 valence electrons. The molecule has 4 aliphatic rings. The second-order valence-corrected chi connectivity index (χ2v) is 18.2. The molecule has 0 aromatic rings. The third-order valence-electron chi connectivity index (χ3n) is 10.1. The molecule has 6 heteroatoms. The average Bonchev–Trinajstić information content (AvgIpc) is 3.29. The van der Waals surface area contributed by atoms with E-state index in [2.05, 4.69) is 54.6 Å². The van der Waals surface area contributed by atoms with E-state index in [1.807, 2.05) is 0 Å². The summed E-state index contributed by atoms with van der Waals surface area (Å²) in [6, 6.07) is 0. The van der Waals surface area contributed by atoms with Gasteiger partial charge in [0.05, 0.1) is 5.92 Å². The van der Waals surface area contributed by atoms with Crippen molar-refractivity contribution < 1.29 is 23.4 Å². The number of methoxy groups -OCH3 is 1. The zero-order chi connectivity index (χ0) is 23.7. The van der Waals surface area contributed by atoms with E-state index in [1.165, 1.54) is 12.8 Å². The highest BCUT2D eigenvalue weighted by Crippen LogP contribution is 2.63. The van der Waals surface area contributed by atoms with E-state index >= 15 is 0 Å². The maximum Gasteiger partial charge on any atom is 0.195 e. The first-order chi connectivity index (χ1) is 14.7. The SMILES string of the molecule is CO[C@@H]1O[C@@H]2O[C@H](O[Si](C)(C)C(C)(C)C)C[C@@H]2[C@@H]1C(=O)[C@H]1CC[C@H]2C(C)(C)CCC[C@]12C. The van der Waals surface area contributed by atoms with Crippen LogP contribution in [0, 0.1) is 34.5 Å². The minimum absolute atomic E-state index is 0.0152. The molecule has 2 saturated carbocycles. The molecular formula is C26H46O5Si. The van der Waals surface area contributed by atoms with Gasteiger partial charge in [0.15, 0.2) is 27.2 Å². The minimum atomic E-state index is -1.97. The van der Waals surface area contributed by atoms with E-state index in [4.69, 9.17) is 18.6 Å². The molecule has 0 N–H and O–H groups in total. The van der Waals surface area contributed by atoms with E-state index in [0.29, 0.717) is 23.5 Å². The summed E-state index contributed by atoms with van der Waals surface area (Å²) in [5, 5.41) is 0.112. The van der Waals surface area contributed by atoms with Gasteiger partial charge in [0.2, 0.25) is 0 Å². The van der Waals surface area contributed by atoms with Crippen LogP contribution in [0.15, 0.2) is 0 Å². The van der Waals surface area contributed by atoms with Crippen molar-refractivity contribution in [1.82, 2.24) is 0 Å². The second-order valence-electron chi connectivity index (χ2n) is 13.4. The fourth-order valence-corrected chi connectivity index (χ4v) is 8.46. The highest BCUT2D eigenvalue weighted by molar-refractivity contribution is 6.74. The fraction of sp³-hybridized carbons (Fsp3) is 0.962. The van der Waals surface area contributed by atoms with Crippen LogP contribution in [0.5, 0.6) is 0 Å². The Labute approximate surface area is 196 Å². The molecule has 0 aromatic heterocycles. The molecule has 0 radical (unpaired) electrons. The van der Waals surface area contributed by atoms with Crippen molar-refractivity contribution in [2.24, 2.45) is 34.5 Å². The van der Waals surface area contributed by atoms with Crippen molar-refractivity contribution in [2.75, 3.05) is 7.11 Å². The second kappa shape index (κ2) is 8.15. The molecule has 2 aliphatic carbocycles. The first kappa shape index (κ1) is 24.8. The first-order valence-electron chi connectivity index (χ1n) is 12.8. The fourth-order valence-electron chi connectivity index (χ4n) is 7.30. The topological polar surface area (TPSA) is 54.0 Å². The minimum Gasteiger partial charge on any atom is -0.392 e. The predicted molar refractivity (Wildman–Crippen MR) is 127 cm³/mol. The summed E-state index contributed by atoms with van der Waals surface area (Å²) in [5.41, 5.74) is 0.404. The monoisotopic (exact) mass is 466 g/mol. The molecule has 0 unspecified atom stereocenters. The van der Waals surface area contributed by atoms with Gasteiger partial charge >= 0.3 is 0 Å². The van der Waals surface area contributed by atoms with Crippen LogP contribution in [0.3, 0.4) is 0 Å². The van der Waals surface area contributed by atoms with E-state index in [9.17, 15) is 4.79 Å². The van der Waals surface area contributed by atoms with Crippen molar-refractivity contribution >= 4 is 14.1 Å². The summed E-state index contributed by atoms with van der Waals surface area (Å²) >= 11 is 0. The molecule has 2 aliphatic heterocycles. The number of rotatable bonds is 5. The molecule has 0 aromatic carbocycles. The standard InChI is InChI=1S/C26H46O5Si/c1-24(2,3)32(8,9)31-19-15-16-20(23(28-7)30-22(16)29-19)21(27)17-11-12-18-25(4,5)13-10-14-26(17,18)6/h16-20,22-23H,10-15H2,1-9H3/t16-,17-,18+,19-,20-,22+,23-,26-/m1/s1. The Bertz CT molecular complexity index is 728. The Morgan fingerprint density at radius 2 is 1.75 bits per heavy atom. The van der Waals surface area contributed by atoms with Crippen LogP contribution >= 0.6 is 0 Å². The largest absolute Gasteiger partial charge is 0.392 e. The van der Waals surface area contributed by atoms with E-state index < -0.39 is 20.9 Å². The summed E-state index contributed by atoms with van der Waals surface area (Å²) < 4.78 is 24.6. The van der Waals surface area contributed by atoms with Crippen LogP contribution in [-0.4, -0.2) is 40.1 Å². The number of ether oxygens (including phenoxy) is 3. The lowest BCUT2D eigenvalue weighted by atomic mass is 9.55. The zero-order valence-corrected chi connectivity index (χ0v) is 22.8. The Hall–Kier alpha value is -0.273. The Kier molecular flexibility index (Phi) is 6.32. The van der Waals surface area contributed by atoms with Gasteiger partial charge in [-0.25, -0.2) is 0 Å². The summed E-state index contributed by atoms with van der Waals surface area (Å²) in [5.74, 6) is 0.817. The highest BCUT2D eigenvalue weighted by Gasteiger charge is 2.61. The molecule has 4 rings (SSSR count). The van der Waals surface area contributed by atoms with Crippen molar-refractivity contribution in [3.63, 3.8) is 0 Å². The van der Waals surface area contributed by atoms with E-state index in [1.54, 1.807) is 7.11 Å². The van der Waals surface area contributed by atoms with Crippen LogP contribution in [0.25, 0.3) is 0 Å². The third-order valence-corrected chi connectivity index (χ3v) is 14.5. The van der Waals surface area contributed by atoms with Gasteiger partial charge in [-0.05, 0) is 60.6 Å². The number of Topliss-reactive ketones (excluding diaryl/α,β-unsaturated/α-hetero) is 1. The van der Waals surface area contributed by atoms with Gasteiger partial charge < -0.3 is 18.6 Å². The van der Waals surface area contributed by atoms with Crippen LogP contribution < -0.4 is 0 Å². The lowest BCUT2D eigenvalue weighted by Gasteiger charge is -2.49. The maximum atomic E-state index is 14.1. The molecule has 8 atom stereocenters. The molecule has 4 fully saturated rings. The average molecular weight is 467 g/mol. The zero-order valence-electron chi connectivity index (χ0n) is 21.8. The Morgan fingerprint density at radius 3 is 2.38 bits per heavy atom. The lowest BCUT2D eigenvalue weighted by molar-refractivity contribution is -0.230. The van der Waals surface area contributed by atoms with Gasteiger partial charge in [-0.2, -0.15) is 0 Å². The van der Waals surface area contributed by atoms with Crippen LogP contribution in [0.2, 0.25) is 18.1 Å². The van der Waals surface area contributed by atoms with Crippen molar-refractivity contribution in [3.8, 4) is 0 Å². The van der Waals surface area contributed by atoms with E-state index in [0.717, 1.165) is 19.3 Å². The maximum absolute atomic E-state index is 14.1. The van der Waals surface area contributed by atoms with Crippen molar-refractivity contribution in [1.29, 1.82) is 0 Å². The smallest absolute Gasteiger partial charge is 0.195 e. The number of carbonyl (C=O) groups excluding carboxylic acids is 1. The molecule has 2 saturated heterocycles. The summed E-state index contributed by atoms with van der Waals surface area (Å²) in [6.45, 7) is 18.4. The highest BCUT2D eigenvalue weighted by atomic mass is 28.4. The van der Waals surface area contributed by atoms with Crippen LogP contribution in [-0.2, 0) is 23.4 Å². The first-order valence-corrected chi connectivity index (χ1v) is 15.7. The Balaban J connectivity index is 1.52. The summed E-state index contributed by atoms with van der Waals surface area (Å²) in [4.78, 5) is 14.1. The molecule has 0 amide bonds. The molecule has 2 heterocycles. The quantitative estimate of drug-likeness (QED) is 0.456. The van der Waals surface area contributed by atoms with Gasteiger partial charge in [-0.15, -0.1) is 0 Å². The van der Waals surface area contributed by atoms with Gasteiger partial charge in [-0.3, -0.25) is 4.79 Å². The van der Waals surface area contributed by atoms with Gasteiger partial charge in [0, 0.05) is 25.4 Å². The Morgan fingerprint density at radius 1 is 1.06 bits per heavy atom. The van der Waals surface area contributed by atoms with Crippen LogP contribution in [0.4, 0.5) is 0 Å². The summed E-state index contributed by atoms with van der Waals surface area (Å²) in [6.07, 6.45) is 5.31. The van der Waals surface area contributed by atoms with Gasteiger partial charge in [-0.1, -0.05) is 48.0 Å². The number of hydrogen-bond acceptors (Lipinski definition) is 5. The predicted octanol–water partition coefficient (Wildman–Crippen LogP) is 6.13. The molecule has 5 nitrogen and oxygen atoms in total. The number of fused-ring (bicyclic) bond motifs is 2. The molecular weight excluding hydrogens is 420 g/mol. The van der Waals surface area contributed by atoms with E-state index in [-0.39, 0.29) is 34.5 Å². The van der Waals surface area contributed by atoms with Gasteiger partial charge in [0.1, 0.15) is 5.78 Å². The molecule has 0 bridgehead atoms. The number of ketones is 1. The summed E-state index contributed by atoms with van der Waals surface area (Å²) in [7, 11) is -0.315. The molecule has 0 spiro atoms.